The first-order chi connectivity index (χ1) is 9.60. The van der Waals surface area contributed by atoms with E-state index in [4.69, 9.17) is 9.52 Å². The molecule has 0 radical (unpaired) electrons. The number of hydrogen-bond donors (Lipinski definition) is 3. The number of carbonyl (C=O) groups is 2. The van der Waals surface area contributed by atoms with Gasteiger partial charge in [-0.1, -0.05) is 12.1 Å². The SMILES string of the molecule is CNCc1cccc(NC(=O)c2ccc(C(=O)O)o2)c1. The highest BCUT2D eigenvalue weighted by Crippen LogP contribution is 2.14. The summed E-state index contributed by atoms with van der Waals surface area (Å²) in [7, 11) is 1.83. The van der Waals surface area contributed by atoms with Gasteiger partial charge in [0.15, 0.2) is 5.76 Å². The lowest BCUT2D eigenvalue weighted by Crippen LogP contribution is -2.12. The van der Waals surface area contributed by atoms with Crippen LogP contribution in [-0.2, 0) is 6.54 Å². The van der Waals surface area contributed by atoms with Crippen molar-refractivity contribution in [2.45, 2.75) is 6.54 Å². The van der Waals surface area contributed by atoms with Crippen LogP contribution in [0.4, 0.5) is 5.69 Å². The third-order valence-electron chi connectivity index (χ3n) is 2.61. The van der Waals surface area contributed by atoms with E-state index in [0.29, 0.717) is 12.2 Å². The average Bonchev–Trinajstić information content (AvgIpc) is 2.89. The molecule has 0 atom stereocenters. The van der Waals surface area contributed by atoms with Crippen molar-refractivity contribution in [1.82, 2.24) is 5.32 Å². The number of rotatable bonds is 5. The monoisotopic (exact) mass is 274 g/mol. The lowest BCUT2D eigenvalue weighted by atomic mass is 10.2. The smallest absolute Gasteiger partial charge is 0.371 e. The molecule has 0 aliphatic carbocycles. The normalized spacial score (nSPS) is 10.2. The number of aromatic carboxylic acids is 1. The third kappa shape index (κ3) is 3.24. The van der Waals surface area contributed by atoms with E-state index in [1.54, 1.807) is 6.07 Å². The summed E-state index contributed by atoms with van der Waals surface area (Å²) in [4.78, 5) is 22.6. The van der Waals surface area contributed by atoms with Gasteiger partial charge >= 0.3 is 5.97 Å². The Hall–Kier alpha value is -2.60. The summed E-state index contributed by atoms with van der Waals surface area (Å²) in [5, 5.41) is 14.4. The summed E-state index contributed by atoms with van der Waals surface area (Å²) in [6.45, 7) is 0.688. The van der Waals surface area contributed by atoms with Crippen molar-refractivity contribution in [2.24, 2.45) is 0 Å². The van der Waals surface area contributed by atoms with Gasteiger partial charge in [-0.25, -0.2) is 4.79 Å². The van der Waals surface area contributed by atoms with E-state index in [0.717, 1.165) is 5.56 Å². The number of carboxylic acids is 1. The van der Waals surface area contributed by atoms with Crippen LogP contribution in [0.2, 0.25) is 0 Å². The van der Waals surface area contributed by atoms with Gasteiger partial charge in [0.05, 0.1) is 0 Å². The molecule has 0 saturated carbocycles. The highest BCUT2D eigenvalue weighted by molar-refractivity contribution is 6.02. The minimum atomic E-state index is -1.21. The molecule has 1 aromatic carbocycles. The highest BCUT2D eigenvalue weighted by Gasteiger charge is 2.14. The maximum absolute atomic E-state index is 11.9. The predicted octanol–water partition coefficient (Wildman–Crippen LogP) is 1.95. The Bertz CT molecular complexity index is 634. The Labute approximate surface area is 115 Å². The van der Waals surface area contributed by atoms with E-state index < -0.39 is 11.9 Å². The lowest BCUT2D eigenvalue weighted by molar-refractivity contribution is 0.0660. The maximum Gasteiger partial charge on any atom is 0.371 e. The van der Waals surface area contributed by atoms with E-state index in [9.17, 15) is 9.59 Å². The van der Waals surface area contributed by atoms with Gasteiger partial charge in [-0.05, 0) is 36.9 Å². The number of carboxylic acid groups (broad SMARTS) is 1. The number of nitrogens with one attached hydrogen (secondary N) is 2. The topological polar surface area (TPSA) is 91.6 Å². The molecule has 0 spiro atoms. The van der Waals surface area contributed by atoms with Gasteiger partial charge in [-0.3, -0.25) is 4.79 Å². The predicted molar refractivity (Wildman–Crippen MR) is 72.8 cm³/mol. The second-order valence-electron chi connectivity index (χ2n) is 4.15. The number of anilines is 1. The molecule has 1 heterocycles. The molecule has 0 unspecified atom stereocenters. The quantitative estimate of drug-likeness (QED) is 0.775. The number of benzene rings is 1. The van der Waals surface area contributed by atoms with Crippen molar-refractivity contribution < 1.29 is 19.1 Å². The third-order valence-corrected chi connectivity index (χ3v) is 2.61. The molecule has 1 aromatic heterocycles. The summed E-state index contributed by atoms with van der Waals surface area (Å²) >= 11 is 0. The van der Waals surface area contributed by atoms with Crippen molar-refractivity contribution >= 4 is 17.6 Å². The molecule has 104 valence electrons. The number of amides is 1. The van der Waals surface area contributed by atoms with Gasteiger partial charge in [0.25, 0.3) is 5.91 Å². The van der Waals surface area contributed by atoms with E-state index in [2.05, 4.69) is 10.6 Å². The van der Waals surface area contributed by atoms with Crippen molar-refractivity contribution in [1.29, 1.82) is 0 Å². The van der Waals surface area contributed by atoms with E-state index in [1.165, 1.54) is 12.1 Å². The van der Waals surface area contributed by atoms with Gasteiger partial charge in [-0.2, -0.15) is 0 Å². The molecule has 0 aliphatic rings. The average molecular weight is 274 g/mol. The maximum atomic E-state index is 11.9. The molecule has 20 heavy (non-hydrogen) atoms. The van der Waals surface area contributed by atoms with E-state index in [1.807, 2.05) is 25.2 Å². The highest BCUT2D eigenvalue weighted by atomic mass is 16.4. The van der Waals surface area contributed by atoms with Crippen molar-refractivity contribution in [2.75, 3.05) is 12.4 Å². The molecule has 2 aromatic rings. The van der Waals surface area contributed by atoms with Gasteiger partial charge in [-0.15, -0.1) is 0 Å². The Morgan fingerprint density at radius 1 is 1.20 bits per heavy atom. The minimum Gasteiger partial charge on any atom is -0.475 e. The van der Waals surface area contributed by atoms with Crippen molar-refractivity contribution in [3.8, 4) is 0 Å². The molecule has 0 aliphatic heterocycles. The van der Waals surface area contributed by atoms with Crippen LogP contribution in [0.5, 0.6) is 0 Å². The zero-order valence-electron chi connectivity index (χ0n) is 10.8. The Morgan fingerprint density at radius 2 is 1.95 bits per heavy atom. The van der Waals surface area contributed by atoms with Gasteiger partial charge in [0, 0.05) is 12.2 Å². The molecule has 6 nitrogen and oxygen atoms in total. The largest absolute Gasteiger partial charge is 0.475 e. The zero-order chi connectivity index (χ0) is 14.5. The van der Waals surface area contributed by atoms with E-state index in [-0.39, 0.29) is 11.5 Å². The standard InChI is InChI=1S/C14H14N2O4/c1-15-8-9-3-2-4-10(7-9)16-13(17)11-5-6-12(20-11)14(18)19/h2-7,15H,8H2,1H3,(H,16,17)(H,18,19). The van der Waals surface area contributed by atoms with Crippen LogP contribution in [0.3, 0.4) is 0 Å². The van der Waals surface area contributed by atoms with Gasteiger partial charge < -0.3 is 20.2 Å². The number of carbonyl (C=O) groups excluding carboxylic acids is 1. The summed E-state index contributed by atoms with van der Waals surface area (Å²) in [6.07, 6.45) is 0. The molecule has 0 saturated heterocycles. The van der Waals surface area contributed by atoms with Crippen LogP contribution >= 0.6 is 0 Å². The molecule has 6 heteroatoms. The lowest BCUT2D eigenvalue weighted by Gasteiger charge is -2.06. The zero-order valence-corrected chi connectivity index (χ0v) is 10.8. The second-order valence-corrected chi connectivity index (χ2v) is 4.15. The molecule has 0 bridgehead atoms. The fraction of sp³-hybridized carbons (Fsp3) is 0.143. The Morgan fingerprint density at radius 3 is 2.60 bits per heavy atom. The summed E-state index contributed by atoms with van der Waals surface area (Å²) in [5.74, 6) is -2.00. The van der Waals surface area contributed by atoms with Crippen molar-refractivity contribution in [3.05, 3.63) is 53.5 Å². The van der Waals surface area contributed by atoms with Gasteiger partial charge in [0.2, 0.25) is 5.76 Å². The molecule has 0 fully saturated rings. The first kappa shape index (κ1) is 13.8. The first-order valence-electron chi connectivity index (χ1n) is 5.98. The van der Waals surface area contributed by atoms with Crippen LogP contribution in [0.15, 0.2) is 40.8 Å². The minimum absolute atomic E-state index is 0.0404. The van der Waals surface area contributed by atoms with Crippen LogP contribution < -0.4 is 10.6 Å². The fourth-order valence-electron chi connectivity index (χ4n) is 1.73. The molecular weight excluding hydrogens is 260 g/mol. The Kier molecular flexibility index (Phi) is 4.17. The molecule has 2 rings (SSSR count). The summed E-state index contributed by atoms with van der Waals surface area (Å²) < 4.78 is 4.93. The number of hydrogen-bond acceptors (Lipinski definition) is 4. The van der Waals surface area contributed by atoms with Crippen molar-refractivity contribution in [3.63, 3.8) is 0 Å². The second kappa shape index (κ2) is 6.03. The van der Waals surface area contributed by atoms with Crippen LogP contribution in [0.25, 0.3) is 0 Å². The van der Waals surface area contributed by atoms with Crippen LogP contribution in [0, 0.1) is 0 Å². The first-order valence-corrected chi connectivity index (χ1v) is 5.98. The van der Waals surface area contributed by atoms with E-state index >= 15 is 0 Å². The summed E-state index contributed by atoms with van der Waals surface area (Å²) in [5.41, 5.74) is 1.65. The molecule has 3 N–H and O–H groups in total. The number of furan rings is 1. The van der Waals surface area contributed by atoms with Gasteiger partial charge in [0.1, 0.15) is 0 Å². The summed E-state index contributed by atoms with van der Waals surface area (Å²) in [6, 6.07) is 9.91. The van der Waals surface area contributed by atoms with Crippen LogP contribution in [-0.4, -0.2) is 24.0 Å². The molecule has 1 amide bonds. The molecular formula is C14H14N2O4. The Balaban J connectivity index is 2.10. The van der Waals surface area contributed by atoms with Crippen LogP contribution in [0.1, 0.15) is 26.7 Å². The fourth-order valence-corrected chi connectivity index (χ4v) is 1.73.